The van der Waals surface area contributed by atoms with E-state index in [0.29, 0.717) is 0 Å². The Bertz CT molecular complexity index is 1460. The van der Waals surface area contributed by atoms with Crippen LogP contribution in [0.4, 0.5) is 11.4 Å². The number of nitrogens with zero attached hydrogens (tertiary/aromatic N) is 2. The van der Waals surface area contributed by atoms with Crippen LogP contribution in [0.3, 0.4) is 0 Å². The van der Waals surface area contributed by atoms with Gasteiger partial charge in [0.25, 0.3) is 0 Å². The van der Waals surface area contributed by atoms with Crippen molar-refractivity contribution in [1.29, 1.82) is 0 Å². The van der Waals surface area contributed by atoms with Gasteiger partial charge in [0, 0.05) is 35.0 Å². The second-order valence-electron chi connectivity index (χ2n) is 7.93. The Morgan fingerprint density at radius 3 is 1.71 bits per heavy atom. The van der Waals surface area contributed by atoms with Crippen LogP contribution in [0.1, 0.15) is 0 Å². The molecule has 0 spiro atoms. The van der Waals surface area contributed by atoms with Crippen LogP contribution in [0.2, 0.25) is 0 Å². The van der Waals surface area contributed by atoms with Crippen LogP contribution in [-0.4, -0.2) is 37.1 Å². The van der Waals surface area contributed by atoms with Gasteiger partial charge < -0.3 is 9.44 Å². The van der Waals surface area contributed by atoms with Crippen molar-refractivity contribution in [3.8, 4) is 45.0 Å². The summed E-state index contributed by atoms with van der Waals surface area (Å²) in [5, 5.41) is 15.3. The summed E-state index contributed by atoms with van der Waals surface area (Å²) in [6.45, 7) is 0. The first-order valence-electron chi connectivity index (χ1n) is 10.9. The van der Waals surface area contributed by atoms with Crippen LogP contribution in [0, 0.1) is 0 Å². The van der Waals surface area contributed by atoms with E-state index in [-0.39, 0.29) is 0 Å². The van der Waals surface area contributed by atoms with Crippen molar-refractivity contribution in [2.45, 2.75) is 0 Å². The second kappa shape index (κ2) is 10.2. The number of benzene rings is 3. The van der Waals surface area contributed by atoms with Gasteiger partial charge in [0.15, 0.2) is 0 Å². The molecule has 4 N–H and O–H groups in total. The van der Waals surface area contributed by atoms with Crippen LogP contribution >= 0.6 is 11.9 Å². The Balaban J connectivity index is 1.35. The number of H-pyrrole nitrogens is 2. The average molecular weight is 501 g/mol. The van der Waals surface area contributed by atoms with E-state index in [2.05, 4.69) is 66.2 Å². The molecule has 2 heterocycles. The molecule has 0 bridgehead atoms. The Kier molecular flexibility index (Phi) is 6.69. The summed E-state index contributed by atoms with van der Waals surface area (Å²) in [5.41, 5.74) is 9.58. The molecule has 5 aromatic rings. The molecular formula is C26H24N6OS2. The first kappa shape index (κ1) is 22.9. The average Bonchev–Trinajstić information content (AvgIpc) is 3.56. The van der Waals surface area contributed by atoms with Gasteiger partial charge in [-0.1, -0.05) is 54.4 Å². The third-order valence-corrected chi connectivity index (χ3v) is 6.45. The Morgan fingerprint density at radius 2 is 1.23 bits per heavy atom. The molecule has 0 fully saturated rings. The van der Waals surface area contributed by atoms with E-state index < -0.39 is 11.0 Å². The summed E-state index contributed by atoms with van der Waals surface area (Å²) in [4.78, 5) is 0. The number of hydrogen-bond donors (Lipinski definition) is 4. The third-order valence-electron chi connectivity index (χ3n) is 5.48. The molecule has 0 radical (unpaired) electrons. The number of anilines is 2. The number of nitrogens with one attached hydrogen (secondary N) is 4. The number of aromatic amines is 2. The standard InChI is InChI=1S/C26H24N6OS2/c1-34-31-21-10-6-17(7-11-21)23-15-25(29-27-23)19-4-3-5-20(14-19)26-16-24(28-30-26)18-8-12-22(13-9-18)32-35(2)33/h3-16,31-32H,1-2H3,(H,27,29)(H,28,30). The highest BCUT2D eigenvalue weighted by atomic mass is 32.2. The van der Waals surface area contributed by atoms with Gasteiger partial charge in [0.1, 0.15) is 11.0 Å². The maximum atomic E-state index is 11.3. The Morgan fingerprint density at radius 1 is 0.714 bits per heavy atom. The van der Waals surface area contributed by atoms with Crippen molar-refractivity contribution in [3.05, 3.63) is 84.9 Å². The normalized spacial score (nSPS) is 11.8. The van der Waals surface area contributed by atoms with Crippen LogP contribution < -0.4 is 9.44 Å². The zero-order chi connectivity index (χ0) is 24.2. The van der Waals surface area contributed by atoms with E-state index in [1.54, 1.807) is 18.2 Å². The van der Waals surface area contributed by atoms with E-state index in [4.69, 9.17) is 0 Å². The minimum Gasteiger partial charge on any atom is -0.330 e. The Hall–Kier alpha value is -3.82. The second-order valence-corrected chi connectivity index (χ2v) is 9.66. The summed E-state index contributed by atoms with van der Waals surface area (Å²) >= 11 is 1.57. The van der Waals surface area contributed by atoms with E-state index in [1.807, 2.05) is 54.8 Å². The third kappa shape index (κ3) is 5.31. The molecule has 1 atom stereocenters. The monoisotopic (exact) mass is 500 g/mol. The highest BCUT2D eigenvalue weighted by Gasteiger charge is 2.10. The molecule has 35 heavy (non-hydrogen) atoms. The van der Waals surface area contributed by atoms with Crippen molar-refractivity contribution in [3.63, 3.8) is 0 Å². The molecule has 176 valence electrons. The van der Waals surface area contributed by atoms with Gasteiger partial charge >= 0.3 is 0 Å². The van der Waals surface area contributed by atoms with Crippen LogP contribution in [0.25, 0.3) is 45.0 Å². The largest absolute Gasteiger partial charge is 0.330 e. The van der Waals surface area contributed by atoms with Crippen molar-refractivity contribution in [2.75, 3.05) is 22.0 Å². The van der Waals surface area contributed by atoms with Gasteiger partial charge in [0.2, 0.25) is 0 Å². The maximum Gasteiger partial charge on any atom is 0.113 e. The predicted octanol–water partition coefficient (Wildman–Crippen LogP) is 6.20. The van der Waals surface area contributed by atoms with Crippen LogP contribution in [0.15, 0.2) is 84.9 Å². The lowest BCUT2D eigenvalue weighted by molar-refractivity contribution is 0.690. The SMILES string of the molecule is CSNc1ccc(-c2cc(-c3cccc(-c4cc(-c5ccc(NS(C)=O)cc5)[nH]n4)c3)n[nH]2)cc1. The fourth-order valence-corrected chi connectivity index (χ4v) is 4.63. The quantitative estimate of drug-likeness (QED) is 0.190. The maximum absolute atomic E-state index is 11.3. The van der Waals surface area contributed by atoms with Crippen molar-refractivity contribution in [2.24, 2.45) is 0 Å². The Labute approximate surface area is 210 Å². The minimum absolute atomic E-state index is 0.813. The van der Waals surface area contributed by atoms with Crippen molar-refractivity contribution >= 4 is 34.3 Å². The number of rotatable bonds is 8. The number of hydrogen-bond acceptors (Lipinski definition) is 5. The first-order chi connectivity index (χ1) is 17.1. The molecule has 1 unspecified atom stereocenters. The lowest BCUT2D eigenvalue weighted by Gasteiger charge is -2.03. The fourth-order valence-electron chi connectivity index (χ4n) is 3.79. The zero-order valence-corrected chi connectivity index (χ0v) is 20.8. The van der Waals surface area contributed by atoms with E-state index in [1.165, 1.54) is 0 Å². The molecule has 0 saturated carbocycles. The minimum atomic E-state index is -1.10. The van der Waals surface area contributed by atoms with Crippen molar-refractivity contribution in [1.82, 2.24) is 20.4 Å². The molecule has 3 aromatic carbocycles. The highest BCUT2D eigenvalue weighted by molar-refractivity contribution is 7.99. The van der Waals surface area contributed by atoms with E-state index in [0.717, 1.165) is 56.4 Å². The van der Waals surface area contributed by atoms with Gasteiger partial charge in [-0.05, 0) is 53.6 Å². The molecule has 0 aliphatic carbocycles. The van der Waals surface area contributed by atoms with Crippen molar-refractivity contribution < 1.29 is 4.21 Å². The molecule has 5 rings (SSSR count). The molecule has 2 aromatic heterocycles. The van der Waals surface area contributed by atoms with E-state index in [9.17, 15) is 4.21 Å². The van der Waals surface area contributed by atoms with Gasteiger partial charge in [-0.25, -0.2) is 4.21 Å². The summed E-state index contributed by atoms with van der Waals surface area (Å²) in [6.07, 6.45) is 3.61. The van der Waals surface area contributed by atoms with Crippen LogP contribution in [0.5, 0.6) is 0 Å². The first-order valence-corrected chi connectivity index (χ1v) is 13.7. The lowest BCUT2D eigenvalue weighted by Crippen LogP contribution is -2.00. The molecule has 0 saturated heterocycles. The van der Waals surface area contributed by atoms with E-state index >= 15 is 0 Å². The molecule has 0 amide bonds. The van der Waals surface area contributed by atoms with Gasteiger partial charge in [-0.3, -0.25) is 10.2 Å². The molecular weight excluding hydrogens is 476 g/mol. The van der Waals surface area contributed by atoms with Crippen LogP contribution in [-0.2, 0) is 11.0 Å². The zero-order valence-electron chi connectivity index (χ0n) is 19.2. The predicted molar refractivity (Wildman–Crippen MR) is 147 cm³/mol. The topological polar surface area (TPSA) is 98.5 Å². The number of aromatic nitrogens is 4. The molecule has 0 aliphatic heterocycles. The van der Waals surface area contributed by atoms with Gasteiger partial charge in [0.05, 0.1) is 22.8 Å². The van der Waals surface area contributed by atoms with Gasteiger partial charge in [-0.2, -0.15) is 10.2 Å². The summed E-state index contributed by atoms with van der Waals surface area (Å²) in [7, 11) is -1.10. The molecule has 0 aliphatic rings. The molecule has 7 nitrogen and oxygen atoms in total. The highest BCUT2D eigenvalue weighted by Crippen LogP contribution is 2.30. The smallest absolute Gasteiger partial charge is 0.113 e. The summed E-state index contributed by atoms with van der Waals surface area (Å²) in [5.74, 6) is 0. The summed E-state index contributed by atoms with van der Waals surface area (Å²) < 4.78 is 17.5. The fraction of sp³-hybridized carbons (Fsp3) is 0.0769. The van der Waals surface area contributed by atoms with Gasteiger partial charge in [-0.15, -0.1) is 0 Å². The molecule has 9 heteroatoms. The summed E-state index contributed by atoms with van der Waals surface area (Å²) in [6, 6.07) is 28.3. The lowest BCUT2D eigenvalue weighted by atomic mass is 10.0.